The molecule has 0 radical (unpaired) electrons. The number of benzene rings is 1. The molecule has 1 aromatic heterocycles. The van der Waals surface area contributed by atoms with Gasteiger partial charge in [0.25, 0.3) is 0 Å². The van der Waals surface area contributed by atoms with Crippen LogP contribution in [0.5, 0.6) is 0 Å². The molecule has 0 saturated carbocycles. The fourth-order valence-corrected chi connectivity index (χ4v) is 4.33. The zero-order valence-corrected chi connectivity index (χ0v) is 18.0. The molecule has 0 bridgehead atoms. The van der Waals surface area contributed by atoms with E-state index in [1.165, 1.54) is 17.7 Å². The fraction of sp³-hybridized carbons (Fsp3) is 0.478. The summed E-state index contributed by atoms with van der Waals surface area (Å²) in [4.78, 5) is 28.8. The number of thiophene rings is 1. The quantitative estimate of drug-likeness (QED) is 0.599. The molecule has 1 saturated heterocycles. The molecule has 0 spiro atoms. The van der Waals surface area contributed by atoms with Crippen LogP contribution in [0.1, 0.15) is 50.3 Å². The molecule has 2 amide bonds. The van der Waals surface area contributed by atoms with Gasteiger partial charge in [-0.05, 0) is 55.3 Å². The van der Waals surface area contributed by atoms with Crippen LogP contribution in [-0.4, -0.2) is 30.9 Å². The van der Waals surface area contributed by atoms with E-state index in [2.05, 4.69) is 28.5 Å². The minimum Gasteiger partial charge on any atom is -0.371 e. The predicted octanol–water partition coefficient (Wildman–Crippen LogP) is 4.59. The molecule has 1 unspecified atom stereocenters. The van der Waals surface area contributed by atoms with Gasteiger partial charge >= 0.3 is 0 Å². The van der Waals surface area contributed by atoms with Crippen LogP contribution < -0.4 is 15.5 Å². The van der Waals surface area contributed by atoms with Crippen molar-refractivity contribution in [1.29, 1.82) is 0 Å². The summed E-state index contributed by atoms with van der Waals surface area (Å²) in [5, 5.41) is 7.97. The lowest BCUT2D eigenvalue weighted by atomic mass is 10.1. The summed E-state index contributed by atoms with van der Waals surface area (Å²) in [5.74, 6) is -0.207. The lowest BCUT2D eigenvalue weighted by Crippen LogP contribution is -2.43. The summed E-state index contributed by atoms with van der Waals surface area (Å²) in [7, 11) is 0. The molecule has 2 aromatic rings. The monoisotopic (exact) mass is 413 g/mol. The third-order valence-corrected chi connectivity index (χ3v) is 6.20. The summed E-state index contributed by atoms with van der Waals surface area (Å²) in [6.45, 7) is 4.22. The summed E-state index contributed by atoms with van der Waals surface area (Å²) in [5.41, 5.74) is 1.93. The first-order chi connectivity index (χ1) is 14.2. The first-order valence-electron chi connectivity index (χ1n) is 10.6. The van der Waals surface area contributed by atoms with Gasteiger partial charge in [0, 0.05) is 35.8 Å². The first-order valence-corrected chi connectivity index (χ1v) is 11.5. The van der Waals surface area contributed by atoms with Crippen LogP contribution in [0.3, 0.4) is 0 Å². The zero-order chi connectivity index (χ0) is 20.5. The van der Waals surface area contributed by atoms with Crippen LogP contribution in [-0.2, 0) is 16.0 Å². The normalized spacial score (nSPS) is 14.6. The SMILES string of the molecule is CCCCC(NC(=O)CCc1cccs1)C(=O)Nc1cccc(N2CCCC2)c1. The van der Waals surface area contributed by atoms with Crippen LogP contribution in [0.4, 0.5) is 11.4 Å². The van der Waals surface area contributed by atoms with Crippen molar-refractivity contribution in [1.82, 2.24) is 5.32 Å². The Morgan fingerprint density at radius 2 is 2.00 bits per heavy atom. The van der Waals surface area contributed by atoms with Crippen LogP contribution >= 0.6 is 11.3 Å². The molecule has 29 heavy (non-hydrogen) atoms. The Labute approximate surface area is 177 Å². The highest BCUT2D eigenvalue weighted by Crippen LogP contribution is 2.23. The number of carbonyl (C=O) groups excluding carboxylic acids is 2. The van der Waals surface area contributed by atoms with Gasteiger partial charge in [-0.3, -0.25) is 9.59 Å². The molecule has 1 fully saturated rings. The molecular formula is C23H31N3O2S. The summed E-state index contributed by atoms with van der Waals surface area (Å²) in [6.07, 6.45) is 6.08. The van der Waals surface area contributed by atoms with Gasteiger partial charge in [-0.15, -0.1) is 11.3 Å². The number of nitrogens with one attached hydrogen (secondary N) is 2. The highest BCUT2D eigenvalue weighted by Gasteiger charge is 2.21. The topological polar surface area (TPSA) is 61.4 Å². The lowest BCUT2D eigenvalue weighted by molar-refractivity contribution is -0.126. The molecule has 3 rings (SSSR count). The second-order valence-corrected chi connectivity index (χ2v) is 8.61. The number of rotatable bonds is 10. The van der Waals surface area contributed by atoms with Crippen molar-refractivity contribution in [3.05, 3.63) is 46.7 Å². The average Bonchev–Trinajstić information content (AvgIpc) is 3.44. The average molecular weight is 414 g/mol. The standard InChI is InChI=1S/C23H31N3O2S/c1-2-3-11-21(25-22(27)13-12-20-10-7-16-29-20)23(28)24-18-8-6-9-19(17-18)26-14-4-5-15-26/h6-10,16-17,21H,2-5,11-15H2,1H3,(H,24,28)(H,25,27). The molecular weight excluding hydrogens is 382 g/mol. The zero-order valence-electron chi connectivity index (χ0n) is 17.2. The van der Waals surface area contributed by atoms with E-state index >= 15 is 0 Å². The molecule has 1 aliphatic rings. The summed E-state index contributed by atoms with van der Waals surface area (Å²) < 4.78 is 0. The van der Waals surface area contributed by atoms with E-state index in [1.807, 2.05) is 35.7 Å². The van der Waals surface area contributed by atoms with Crippen LogP contribution in [0.15, 0.2) is 41.8 Å². The minimum absolute atomic E-state index is 0.0690. The van der Waals surface area contributed by atoms with Crippen molar-refractivity contribution >= 4 is 34.5 Å². The van der Waals surface area contributed by atoms with E-state index in [0.29, 0.717) is 19.3 Å². The Kier molecular flexibility index (Phi) is 8.11. The Balaban J connectivity index is 1.57. The second-order valence-electron chi connectivity index (χ2n) is 7.58. The van der Waals surface area contributed by atoms with Crippen LogP contribution in [0.25, 0.3) is 0 Å². The Bertz CT molecular complexity index is 785. The van der Waals surface area contributed by atoms with Gasteiger partial charge in [-0.2, -0.15) is 0 Å². The Hall–Kier alpha value is -2.34. The van der Waals surface area contributed by atoms with Gasteiger partial charge < -0.3 is 15.5 Å². The molecule has 1 atom stereocenters. The third-order valence-electron chi connectivity index (χ3n) is 5.26. The molecule has 1 aliphatic heterocycles. The van der Waals surface area contributed by atoms with Crippen molar-refractivity contribution in [2.75, 3.05) is 23.3 Å². The number of aryl methyl sites for hydroxylation is 1. The van der Waals surface area contributed by atoms with E-state index in [-0.39, 0.29) is 11.8 Å². The highest BCUT2D eigenvalue weighted by molar-refractivity contribution is 7.09. The predicted molar refractivity (Wildman–Crippen MR) is 121 cm³/mol. The maximum atomic E-state index is 12.9. The molecule has 1 aromatic carbocycles. The van der Waals surface area contributed by atoms with E-state index < -0.39 is 6.04 Å². The smallest absolute Gasteiger partial charge is 0.246 e. The van der Waals surface area contributed by atoms with Crippen molar-refractivity contribution in [2.24, 2.45) is 0 Å². The van der Waals surface area contributed by atoms with Crippen molar-refractivity contribution in [2.45, 2.75) is 57.9 Å². The molecule has 0 aliphatic carbocycles. The molecule has 2 N–H and O–H groups in total. The third kappa shape index (κ3) is 6.60. The van der Waals surface area contributed by atoms with Crippen molar-refractivity contribution in [3.8, 4) is 0 Å². The minimum atomic E-state index is -0.499. The molecule has 6 heteroatoms. The number of hydrogen-bond donors (Lipinski definition) is 2. The largest absolute Gasteiger partial charge is 0.371 e. The maximum Gasteiger partial charge on any atom is 0.246 e. The molecule has 156 valence electrons. The maximum absolute atomic E-state index is 12.9. The number of carbonyl (C=O) groups is 2. The lowest BCUT2D eigenvalue weighted by Gasteiger charge is -2.20. The van der Waals surface area contributed by atoms with Crippen LogP contribution in [0.2, 0.25) is 0 Å². The van der Waals surface area contributed by atoms with E-state index in [1.54, 1.807) is 11.3 Å². The number of hydrogen-bond acceptors (Lipinski definition) is 4. The second kappa shape index (κ2) is 11.0. The number of anilines is 2. The van der Waals surface area contributed by atoms with Gasteiger partial charge in [0.2, 0.25) is 11.8 Å². The van der Waals surface area contributed by atoms with Gasteiger partial charge in [-0.1, -0.05) is 31.9 Å². The number of nitrogens with zero attached hydrogens (tertiary/aromatic N) is 1. The van der Waals surface area contributed by atoms with E-state index in [9.17, 15) is 9.59 Å². The van der Waals surface area contributed by atoms with E-state index in [0.717, 1.165) is 37.3 Å². The number of unbranched alkanes of at least 4 members (excludes halogenated alkanes) is 1. The van der Waals surface area contributed by atoms with Crippen LogP contribution in [0, 0.1) is 0 Å². The summed E-state index contributed by atoms with van der Waals surface area (Å²) >= 11 is 1.65. The van der Waals surface area contributed by atoms with Crippen molar-refractivity contribution in [3.63, 3.8) is 0 Å². The van der Waals surface area contributed by atoms with Gasteiger partial charge in [0.1, 0.15) is 6.04 Å². The Morgan fingerprint density at radius 1 is 1.17 bits per heavy atom. The number of amides is 2. The highest BCUT2D eigenvalue weighted by atomic mass is 32.1. The van der Waals surface area contributed by atoms with Gasteiger partial charge in [-0.25, -0.2) is 0 Å². The van der Waals surface area contributed by atoms with Crippen molar-refractivity contribution < 1.29 is 9.59 Å². The first kappa shape index (κ1) is 21.4. The molecule has 2 heterocycles. The Morgan fingerprint density at radius 3 is 2.72 bits per heavy atom. The van der Waals surface area contributed by atoms with Gasteiger partial charge in [0.15, 0.2) is 0 Å². The van der Waals surface area contributed by atoms with Gasteiger partial charge in [0.05, 0.1) is 0 Å². The van der Waals surface area contributed by atoms with E-state index in [4.69, 9.17) is 0 Å². The fourth-order valence-electron chi connectivity index (χ4n) is 3.62. The summed E-state index contributed by atoms with van der Waals surface area (Å²) in [6, 6.07) is 11.5. The molecule has 5 nitrogen and oxygen atoms in total.